The van der Waals surface area contributed by atoms with Crippen LogP contribution < -0.4 is 5.32 Å². The zero-order chi connectivity index (χ0) is 15.9. The average molecular weight is 317 g/mol. The van der Waals surface area contributed by atoms with E-state index >= 15 is 0 Å². The van der Waals surface area contributed by atoms with Gasteiger partial charge in [0.25, 0.3) is 5.91 Å². The Kier molecular flexibility index (Phi) is 5.99. The summed E-state index contributed by atoms with van der Waals surface area (Å²) in [5.41, 5.74) is 2.58. The third-order valence-corrected chi connectivity index (χ3v) is 3.83. The standard InChI is InChI=1S/C18H21ClN2O/c1-3-21(4-2)13-14-8-10-17(11-9-14)20-18(22)15-6-5-7-16(19)12-15/h5-12H,3-4,13H2,1-2H3,(H,20,22). The summed E-state index contributed by atoms with van der Waals surface area (Å²) in [6, 6.07) is 14.9. The number of amides is 1. The normalized spacial score (nSPS) is 10.7. The van der Waals surface area contributed by atoms with Gasteiger partial charge in [-0.3, -0.25) is 9.69 Å². The summed E-state index contributed by atoms with van der Waals surface area (Å²) >= 11 is 5.90. The summed E-state index contributed by atoms with van der Waals surface area (Å²) in [4.78, 5) is 14.5. The van der Waals surface area contributed by atoms with Gasteiger partial charge in [-0.1, -0.05) is 43.6 Å². The molecule has 4 heteroatoms. The summed E-state index contributed by atoms with van der Waals surface area (Å²) in [6.07, 6.45) is 0. The van der Waals surface area contributed by atoms with E-state index in [1.54, 1.807) is 24.3 Å². The van der Waals surface area contributed by atoms with Crippen molar-refractivity contribution in [2.75, 3.05) is 18.4 Å². The molecule has 0 bridgehead atoms. The van der Waals surface area contributed by atoms with Crippen LogP contribution in [0.2, 0.25) is 5.02 Å². The molecule has 22 heavy (non-hydrogen) atoms. The number of nitrogens with zero attached hydrogens (tertiary/aromatic N) is 1. The Bertz CT molecular complexity index is 621. The molecule has 0 radical (unpaired) electrons. The van der Waals surface area contributed by atoms with Crippen molar-refractivity contribution in [1.29, 1.82) is 0 Å². The Morgan fingerprint density at radius 3 is 2.36 bits per heavy atom. The number of nitrogens with one attached hydrogen (secondary N) is 1. The molecule has 0 spiro atoms. The molecule has 3 nitrogen and oxygen atoms in total. The predicted octanol–water partition coefficient (Wildman–Crippen LogP) is 4.43. The predicted molar refractivity (Wildman–Crippen MR) is 92.5 cm³/mol. The molecule has 0 aliphatic heterocycles. The van der Waals surface area contributed by atoms with Crippen molar-refractivity contribution in [3.05, 3.63) is 64.7 Å². The van der Waals surface area contributed by atoms with E-state index in [9.17, 15) is 4.79 Å². The number of hydrogen-bond acceptors (Lipinski definition) is 2. The lowest BCUT2D eigenvalue weighted by molar-refractivity contribution is 0.102. The van der Waals surface area contributed by atoms with Gasteiger partial charge < -0.3 is 5.32 Å². The Labute approximate surface area is 136 Å². The second-order valence-electron chi connectivity index (χ2n) is 5.12. The maximum absolute atomic E-state index is 12.1. The van der Waals surface area contributed by atoms with E-state index in [1.807, 2.05) is 24.3 Å². The van der Waals surface area contributed by atoms with Crippen LogP contribution in [0.15, 0.2) is 48.5 Å². The first-order valence-electron chi connectivity index (χ1n) is 7.50. The monoisotopic (exact) mass is 316 g/mol. The topological polar surface area (TPSA) is 32.3 Å². The van der Waals surface area contributed by atoms with Crippen LogP contribution in [0.4, 0.5) is 5.69 Å². The van der Waals surface area contributed by atoms with Gasteiger partial charge in [-0.05, 0) is 49.0 Å². The van der Waals surface area contributed by atoms with Crippen molar-refractivity contribution >= 4 is 23.2 Å². The molecule has 0 unspecified atom stereocenters. The first-order chi connectivity index (χ1) is 10.6. The lowest BCUT2D eigenvalue weighted by Crippen LogP contribution is -2.22. The third kappa shape index (κ3) is 4.58. The van der Waals surface area contributed by atoms with Crippen molar-refractivity contribution in [2.24, 2.45) is 0 Å². The highest BCUT2D eigenvalue weighted by Gasteiger charge is 2.07. The molecule has 1 N–H and O–H groups in total. The Morgan fingerprint density at radius 2 is 1.77 bits per heavy atom. The number of anilines is 1. The number of hydrogen-bond donors (Lipinski definition) is 1. The quantitative estimate of drug-likeness (QED) is 0.854. The van der Waals surface area contributed by atoms with Crippen LogP contribution in [-0.2, 0) is 6.54 Å². The highest BCUT2D eigenvalue weighted by atomic mass is 35.5. The van der Waals surface area contributed by atoms with Crippen molar-refractivity contribution in [2.45, 2.75) is 20.4 Å². The summed E-state index contributed by atoms with van der Waals surface area (Å²) < 4.78 is 0. The summed E-state index contributed by atoms with van der Waals surface area (Å²) in [5.74, 6) is -0.154. The molecule has 0 heterocycles. The molecular weight excluding hydrogens is 296 g/mol. The largest absolute Gasteiger partial charge is 0.322 e. The Morgan fingerprint density at radius 1 is 1.09 bits per heavy atom. The second kappa shape index (κ2) is 7.97. The highest BCUT2D eigenvalue weighted by molar-refractivity contribution is 6.31. The molecule has 0 aliphatic rings. The molecule has 0 fully saturated rings. The average Bonchev–Trinajstić information content (AvgIpc) is 2.54. The number of carbonyl (C=O) groups is 1. The fourth-order valence-corrected chi connectivity index (χ4v) is 2.42. The van der Waals surface area contributed by atoms with Crippen molar-refractivity contribution < 1.29 is 4.79 Å². The van der Waals surface area contributed by atoms with Crippen LogP contribution in [0.25, 0.3) is 0 Å². The lowest BCUT2D eigenvalue weighted by Gasteiger charge is -2.18. The van der Waals surface area contributed by atoms with E-state index in [0.717, 1.165) is 25.3 Å². The fourth-order valence-electron chi connectivity index (χ4n) is 2.23. The van der Waals surface area contributed by atoms with E-state index < -0.39 is 0 Å². The van der Waals surface area contributed by atoms with Gasteiger partial charge in [-0.2, -0.15) is 0 Å². The van der Waals surface area contributed by atoms with Gasteiger partial charge in [0.05, 0.1) is 0 Å². The van der Waals surface area contributed by atoms with Gasteiger partial charge in [0.1, 0.15) is 0 Å². The van der Waals surface area contributed by atoms with Crippen LogP contribution in [0.1, 0.15) is 29.8 Å². The Balaban J connectivity index is 2.00. The third-order valence-electron chi connectivity index (χ3n) is 3.60. The fraction of sp³-hybridized carbons (Fsp3) is 0.278. The number of carbonyl (C=O) groups excluding carboxylic acids is 1. The van der Waals surface area contributed by atoms with Gasteiger partial charge in [0.15, 0.2) is 0 Å². The molecule has 0 atom stereocenters. The molecule has 0 saturated heterocycles. The van der Waals surface area contributed by atoms with Gasteiger partial charge in [0, 0.05) is 22.8 Å². The van der Waals surface area contributed by atoms with E-state index in [-0.39, 0.29) is 5.91 Å². The van der Waals surface area contributed by atoms with Gasteiger partial charge in [-0.25, -0.2) is 0 Å². The number of rotatable bonds is 6. The maximum Gasteiger partial charge on any atom is 0.255 e. The van der Waals surface area contributed by atoms with Crippen LogP contribution in [-0.4, -0.2) is 23.9 Å². The molecule has 0 aliphatic carbocycles. The summed E-state index contributed by atoms with van der Waals surface area (Å²) in [6.45, 7) is 7.30. The van der Waals surface area contributed by atoms with E-state index in [2.05, 4.69) is 24.1 Å². The van der Waals surface area contributed by atoms with Crippen molar-refractivity contribution in [3.8, 4) is 0 Å². The number of benzene rings is 2. The summed E-state index contributed by atoms with van der Waals surface area (Å²) in [7, 11) is 0. The van der Waals surface area contributed by atoms with Gasteiger partial charge in [0.2, 0.25) is 0 Å². The second-order valence-corrected chi connectivity index (χ2v) is 5.56. The first kappa shape index (κ1) is 16.5. The molecular formula is C18H21ClN2O. The van der Waals surface area contributed by atoms with Crippen molar-refractivity contribution in [1.82, 2.24) is 4.90 Å². The molecule has 0 aromatic heterocycles. The van der Waals surface area contributed by atoms with E-state index in [4.69, 9.17) is 11.6 Å². The van der Waals surface area contributed by atoms with Crippen LogP contribution in [0, 0.1) is 0 Å². The van der Waals surface area contributed by atoms with Crippen LogP contribution in [0.3, 0.4) is 0 Å². The zero-order valence-corrected chi connectivity index (χ0v) is 13.7. The molecule has 0 saturated carbocycles. The SMILES string of the molecule is CCN(CC)Cc1ccc(NC(=O)c2cccc(Cl)c2)cc1. The lowest BCUT2D eigenvalue weighted by atomic mass is 10.1. The summed E-state index contributed by atoms with van der Waals surface area (Å²) in [5, 5.41) is 3.44. The minimum atomic E-state index is -0.154. The smallest absolute Gasteiger partial charge is 0.255 e. The minimum absolute atomic E-state index is 0.154. The molecule has 1 amide bonds. The van der Waals surface area contributed by atoms with Gasteiger partial charge >= 0.3 is 0 Å². The van der Waals surface area contributed by atoms with E-state index in [1.165, 1.54) is 5.56 Å². The van der Waals surface area contributed by atoms with Crippen LogP contribution in [0.5, 0.6) is 0 Å². The van der Waals surface area contributed by atoms with Crippen molar-refractivity contribution in [3.63, 3.8) is 0 Å². The van der Waals surface area contributed by atoms with Crippen LogP contribution >= 0.6 is 11.6 Å². The highest BCUT2D eigenvalue weighted by Crippen LogP contribution is 2.15. The molecule has 2 aromatic rings. The number of halogens is 1. The minimum Gasteiger partial charge on any atom is -0.322 e. The molecule has 2 aromatic carbocycles. The molecule has 2 rings (SSSR count). The maximum atomic E-state index is 12.1. The Hall–Kier alpha value is -1.84. The van der Waals surface area contributed by atoms with E-state index in [0.29, 0.717) is 10.6 Å². The first-order valence-corrected chi connectivity index (χ1v) is 7.88. The zero-order valence-electron chi connectivity index (χ0n) is 13.0. The molecule has 116 valence electrons. The van der Waals surface area contributed by atoms with Gasteiger partial charge in [-0.15, -0.1) is 0 Å².